The fraction of sp³-hybridized carbons (Fsp3) is 0.250. The third-order valence-electron chi connectivity index (χ3n) is 4.78. The van der Waals surface area contributed by atoms with Gasteiger partial charge in [-0.25, -0.2) is 9.97 Å². The summed E-state index contributed by atoms with van der Waals surface area (Å²) < 4.78 is 40.8. The first kappa shape index (κ1) is 27.0. The maximum Gasteiger partial charge on any atom is 0.573 e. The van der Waals surface area contributed by atoms with Crippen molar-refractivity contribution in [2.45, 2.75) is 24.1 Å². The van der Waals surface area contributed by atoms with Gasteiger partial charge in [0.05, 0.1) is 12.1 Å². The Labute approximate surface area is 210 Å². The number of nitrogens with one attached hydrogen (secondary N) is 2. The van der Waals surface area contributed by atoms with Crippen LogP contribution in [0.3, 0.4) is 0 Å². The third kappa shape index (κ3) is 8.54. The predicted molar refractivity (Wildman–Crippen MR) is 131 cm³/mol. The van der Waals surface area contributed by atoms with Crippen molar-refractivity contribution in [3.8, 4) is 5.75 Å². The van der Waals surface area contributed by atoms with Crippen LogP contribution in [0.4, 0.5) is 24.7 Å². The van der Waals surface area contributed by atoms with Crippen LogP contribution in [0.15, 0.2) is 66.0 Å². The lowest BCUT2D eigenvalue weighted by molar-refractivity contribution is -0.274. The number of hydrogen-bond acceptors (Lipinski definition) is 7. The molecule has 2 aromatic heterocycles. The van der Waals surface area contributed by atoms with Crippen molar-refractivity contribution in [3.63, 3.8) is 0 Å². The molecule has 2 amide bonds. The number of ether oxygens (including phenoxy) is 1. The van der Waals surface area contributed by atoms with E-state index in [1.54, 1.807) is 36.7 Å². The lowest BCUT2D eigenvalue weighted by Crippen LogP contribution is -2.30. The van der Waals surface area contributed by atoms with Gasteiger partial charge in [0.2, 0.25) is 5.91 Å². The molecule has 3 rings (SSSR count). The van der Waals surface area contributed by atoms with E-state index in [-0.39, 0.29) is 18.2 Å². The topological polar surface area (TPSA) is 96.5 Å². The minimum absolute atomic E-state index is 0.168. The highest BCUT2D eigenvalue weighted by Crippen LogP contribution is 2.27. The predicted octanol–water partition coefficient (Wildman–Crippen LogP) is 4.81. The Morgan fingerprint density at radius 2 is 1.81 bits per heavy atom. The van der Waals surface area contributed by atoms with E-state index in [1.807, 2.05) is 18.9 Å². The molecule has 0 fully saturated rings. The molecule has 0 unspecified atom stereocenters. The molecule has 0 saturated heterocycles. The lowest BCUT2D eigenvalue weighted by Gasteiger charge is -2.13. The second-order valence-electron chi connectivity index (χ2n) is 7.60. The van der Waals surface area contributed by atoms with E-state index >= 15 is 0 Å². The van der Waals surface area contributed by atoms with E-state index in [0.717, 1.165) is 24.2 Å². The van der Waals surface area contributed by atoms with Gasteiger partial charge in [0.1, 0.15) is 16.6 Å². The van der Waals surface area contributed by atoms with Gasteiger partial charge in [-0.3, -0.25) is 14.5 Å². The Morgan fingerprint density at radius 1 is 1.06 bits per heavy atom. The number of benzene rings is 1. The molecule has 2 heterocycles. The molecule has 0 aliphatic carbocycles. The highest BCUT2D eigenvalue weighted by molar-refractivity contribution is 7.98. The minimum atomic E-state index is -4.79. The van der Waals surface area contributed by atoms with E-state index in [1.165, 1.54) is 23.9 Å². The number of rotatable bonds is 10. The molecule has 2 N–H and O–H groups in total. The van der Waals surface area contributed by atoms with Crippen LogP contribution in [-0.2, 0) is 10.5 Å². The van der Waals surface area contributed by atoms with Crippen LogP contribution in [0, 0.1) is 0 Å². The van der Waals surface area contributed by atoms with Crippen LogP contribution < -0.4 is 15.4 Å². The standard InChI is InChI=1S/C24H24F3N5O3S/c1-3-32(2)14-21(33)31-20-13-16(10-12-28-20)15-36-23-19(5-4-11-29-23)22(34)30-17-6-8-18(9-7-17)35-24(25,26)27/h4-13H,3,14-15H2,1-2H3,(H,30,34)(H,28,31,33). The number of carbonyl (C=O) groups is 2. The van der Waals surface area contributed by atoms with Gasteiger partial charge in [0.15, 0.2) is 0 Å². The van der Waals surface area contributed by atoms with Crippen molar-refractivity contribution in [1.82, 2.24) is 14.9 Å². The summed E-state index contributed by atoms with van der Waals surface area (Å²) in [4.78, 5) is 35.3. The maximum atomic E-state index is 12.8. The van der Waals surface area contributed by atoms with Gasteiger partial charge in [-0.2, -0.15) is 0 Å². The first-order valence-electron chi connectivity index (χ1n) is 10.8. The van der Waals surface area contributed by atoms with Gasteiger partial charge in [0, 0.05) is 23.8 Å². The zero-order valence-electron chi connectivity index (χ0n) is 19.5. The maximum absolute atomic E-state index is 12.8. The largest absolute Gasteiger partial charge is 0.573 e. The van der Waals surface area contributed by atoms with Crippen LogP contribution >= 0.6 is 11.8 Å². The summed E-state index contributed by atoms with van der Waals surface area (Å²) in [5.74, 6) is -0.125. The first-order chi connectivity index (χ1) is 17.1. The van der Waals surface area contributed by atoms with E-state index < -0.39 is 12.3 Å². The van der Waals surface area contributed by atoms with Crippen molar-refractivity contribution in [3.05, 3.63) is 72.1 Å². The summed E-state index contributed by atoms with van der Waals surface area (Å²) in [6, 6.07) is 11.6. The molecule has 0 saturated carbocycles. The molecular formula is C24H24F3N5O3S. The summed E-state index contributed by atoms with van der Waals surface area (Å²) in [6.07, 6.45) is -1.64. The van der Waals surface area contributed by atoms with Crippen molar-refractivity contribution >= 4 is 35.1 Å². The van der Waals surface area contributed by atoms with E-state index in [4.69, 9.17) is 0 Å². The molecule has 3 aromatic rings. The molecule has 0 radical (unpaired) electrons. The smallest absolute Gasteiger partial charge is 0.406 e. The summed E-state index contributed by atoms with van der Waals surface area (Å²) in [6.45, 7) is 2.95. The number of thioether (sulfide) groups is 1. The number of aromatic nitrogens is 2. The molecule has 8 nitrogen and oxygen atoms in total. The Kier molecular flexibility index (Phi) is 9.25. The van der Waals surface area contributed by atoms with Gasteiger partial charge in [-0.05, 0) is 67.7 Å². The van der Waals surface area contributed by atoms with E-state index in [9.17, 15) is 22.8 Å². The number of nitrogens with zero attached hydrogens (tertiary/aromatic N) is 3. The zero-order chi connectivity index (χ0) is 26.1. The quantitative estimate of drug-likeness (QED) is 0.371. The van der Waals surface area contributed by atoms with Crippen LogP contribution in [0.5, 0.6) is 5.75 Å². The van der Waals surface area contributed by atoms with Gasteiger partial charge in [-0.1, -0.05) is 6.92 Å². The average molecular weight is 520 g/mol. The molecule has 0 aliphatic heterocycles. The zero-order valence-corrected chi connectivity index (χ0v) is 20.3. The van der Waals surface area contributed by atoms with Gasteiger partial charge >= 0.3 is 6.36 Å². The second-order valence-corrected chi connectivity index (χ2v) is 8.56. The number of pyridine rings is 2. The van der Waals surface area contributed by atoms with E-state index in [2.05, 4.69) is 25.3 Å². The average Bonchev–Trinajstić information content (AvgIpc) is 2.83. The Balaban J connectivity index is 1.62. The van der Waals surface area contributed by atoms with Crippen molar-refractivity contribution < 1.29 is 27.5 Å². The number of anilines is 2. The Hall–Kier alpha value is -3.64. The highest BCUT2D eigenvalue weighted by atomic mass is 32.2. The minimum Gasteiger partial charge on any atom is -0.406 e. The van der Waals surface area contributed by atoms with Crippen LogP contribution in [0.2, 0.25) is 0 Å². The molecule has 0 atom stereocenters. The molecule has 36 heavy (non-hydrogen) atoms. The highest BCUT2D eigenvalue weighted by Gasteiger charge is 2.31. The Morgan fingerprint density at radius 3 is 2.50 bits per heavy atom. The van der Waals surface area contributed by atoms with Crippen LogP contribution in [-0.4, -0.2) is 53.2 Å². The number of hydrogen-bond donors (Lipinski definition) is 2. The van der Waals surface area contributed by atoms with Crippen molar-refractivity contribution in [1.29, 1.82) is 0 Å². The molecule has 12 heteroatoms. The summed E-state index contributed by atoms with van der Waals surface area (Å²) >= 11 is 1.32. The second kappa shape index (κ2) is 12.4. The van der Waals surface area contributed by atoms with Gasteiger partial charge in [-0.15, -0.1) is 24.9 Å². The first-order valence-corrected chi connectivity index (χ1v) is 11.8. The number of amides is 2. The summed E-state index contributed by atoms with van der Waals surface area (Å²) in [5.41, 5.74) is 1.48. The van der Waals surface area contributed by atoms with Gasteiger partial charge < -0.3 is 15.4 Å². The normalized spacial score (nSPS) is 11.3. The summed E-state index contributed by atoms with van der Waals surface area (Å²) in [5, 5.41) is 5.89. The Bertz CT molecular complexity index is 1190. The van der Waals surface area contributed by atoms with E-state index in [0.29, 0.717) is 27.8 Å². The SMILES string of the molecule is CCN(C)CC(=O)Nc1cc(CSc2ncccc2C(=O)Nc2ccc(OC(F)(F)F)cc2)ccn1. The fourth-order valence-electron chi connectivity index (χ4n) is 2.94. The third-order valence-corrected chi connectivity index (χ3v) is 5.86. The summed E-state index contributed by atoms with van der Waals surface area (Å²) in [7, 11) is 1.85. The molecule has 1 aromatic carbocycles. The number of halogens is 3. The molecule has 0 aliphatic rings. The molecule has 190 valence electrons. The monoisotopic (exact) mass is 519 g/mol. The molecule has 0 spiro atoms. The molecular weight excluding hydrogens is 495 g/mol. The molecule has 0 bridgehead atoms. The van der Waals surface area contributed by atoms with Crippen LogP contribution in [0.1, 0.15) is 22.8 Å². The number of likely N-dealkylation sites (N-methyl/N-ethyl adjacent to an activating group) is 1. The van der Waals surface area contributed by atoms with Crippen molar-refractivity contribution in [2.75, 3.05) is 30.8 Å². The number of alkyl halides is 3. The van der Waals surface area contributed by atoms with Crippen LogP contribution in [0.25, 0.3) is 0 Å². The van der Waals surface area contributed by atoms with Gasteiger partial charge in [0.25, 0.3) is 5.91 Å². The lowest BCUT2D eigenvalue weighted by atomic mass is 10.2. The van der Waals surface area contributed by atoms with Crippen molar-refractivity contribution in [2.24, 2.45) is 0 Å². The number of carbonyl (C=O) groups excluding carboxylic acids is 2. The fourth-order valence-corrected chi connectivity index (χ4v) is 3.88.